The maximum absolute atomic E-state index is 13.3. The molecule has 7 nitrogen and oxygen atoms in total. The number of thioether (sulfide) groups is 1. The zero-order chi connectivity index (χ0) is 22.7. The molecule has 0 unspecified atom stereocenters. The molecule has 3 aromatic rings. The van der Waals surface area contributed by atoms with Crippen molar-refractivity contribution >= 4 is 40.6 Å². The van der Waals surface area contributed by atoms with Crippen LogP contribution in [0.2, 0.25) is 0 Å². The highest BCUT2D eigenvalue weighted by molar-refractivity contribution is 8.18. The molecule has 1 aliphatic rings. The third kappa shape index (κ3) is 4.57. The Hall–Kier alpha value is -3.85. The van der Waals surface area contributed by atoms with E-state index in [1.54, 1.807) is 13.2 Å². The first-order valence-electron chi connectivity index (χ1n) is 9.57. The molecule has 4 rings (SSSR count). The monoisotopic (exact) mass is 451 g/mol. The van der Waals surface area contributed by atoms with Gasteiger partial charge in [0.25, 0.3) is 11.1 Å². The Kier molecular flexibility index (Phi) is 6.09. The second-order valence-corrected chi connectivity index (χ2v) is 7.82. The summed E-state index contributed by atoms with van der Waals surface area (Å²) in [5.41, 5.74) is 1.80. The average Bonchev–Trinajstić information content (AvgIpc) is 3.34. The Bertz CT molecular complexity index is 1220. The van der Waals surface area contributed by atoms with Crippen LogP contribution in [0.25, 0.3) is 11.8 Å². The van der Waals surface area contributed by atoms with Gasteiger partial charge in [0, 0.05) is 23.3 Å². The van der Waals surface area contributed by atoms with Crippen molar-refractivity contribution in [3.63, 3.8) is 0 Å². The Balaban J connectivity index is 1.49. The van der Waals surface area contributed by atoms with Gasteiger partial charge in [-0.3, -0.25) is 19.3 Å². The number of anilines is 1. The van der Waals surface area contributed by atoms with Crippen molar-refractivity contribution in [3.8, 4) is 11.4 Å². The van der Waals surface area contributed by atoms with E-state index in [1.165, 1.54) is 18.2 Å². The number of hydrogen-bond donors (Lipinski definition) is 1. The molecule has 3 amide bonds. The molecule has 2 heterocycles. The molecule has 2 aromatic carbocycles. The number of aromatic nitrogens is 1. The van der Waals surface area contributed by atoms with Gasteiger partial charge in [-0.05, 0) is 72.4 Å². The first-order valence-corrected chi connectivity index (χ1v) is 10.4. The zero-order valence-corrected chi connectivity index (χ0v) is 17.8. The first-order chi connectivity index (χ1) is 15.4. The Morgan fingerprint density at radius 1 is 1.12 bits per heavy atom. The fourth-order valence-electron chi connectivity index (χ4n) is 3.17. The van der Waals surface area contributed by atoms with E-state index in [-0.39, 0.29) is 10.6 Å². The molecule has 0 aliphatic carbocycles. The highest BCUT2D eigenvalue weighted by Crippen LogP contribution is 2.32. The number of carbonyl (C=O) groups excluding carboxylic acids is 3. The molecule has 1 aromatic heterocycles. The highest BCUT2D eigenvalue weighted by atomic mass is 32.2. The summed E-state index contributed by atoms with van der Waals surface area (Å²) in [6.07, 6.45) is 3.45. The number of imide groups is 1. The maximum atomic E-state index is 13.3. The minimum Gasteiger partial charge on any atom is -0.497 e. The van der Waals surface area contributed by atoms with E-state index in [0.29, 0.717) is 5.69 Å². The predicted molar refractivity (Wildman–Crippen MR) is 120 cm³/mol. The SMILES string of the molecule is COc1ccc(-n2cccc2/C=C2/SC(=O)N(CC(=O)Nc3cccc(F)c3)C2=O)cc1. The number of rotatable bonds is 6. The number of carbonyl (C=O) groups is 3. The van der Waals surface area contributed by atoms with Crippen molar-refractivity contribution < 1.29 is 23.5 Å². The number of nitrogens with one attached hydrogen (secondary N) is 1. The molecular formula is C23H18FN3O4S. The van der Waals surface area contributed by atoms with Crippen LogP contribution < -0.4 is 10.1 Å². The van der Waals surface area contributed by atoms with E-state index in [0.717, 1.165) is 34.2 Å². The molecular weight excluding hydrogens is 433 g/mol. The van der Waals surface area contributed by atoms with Crippen LogP contribution in [0, 0.1) is 5.82 Å². The first kappa shape index (κ1) is 21.4. The van der Waals surface area contributed by atoms with Crippen LogP contribution >= 0.6 is 11.8 Å². The van der Waals surface area contributed by atoms with E-state index in [2.05, 4.69) is 5.32 Å². The zero-order valence-electron chi connectivity index (χ0n) is 16.9. The number of halogens is 1. The molecule has 9 heteroatoms. The Morgan fingerprint density at radius 2 is 1.91 bits per heavy atom. The number of nitrogens with zero attached hydrogens (tertiary/aromatic N) is 2. The molecule has 1 saturated heterocycles. The Morgan fingerprint density at radius 3 is 2.62 bits per heavy atom. The normalized spacial score (nSPS) is 14.8. The molecule has 0 saturated carbocycles. The minimum atomic E-state index is -0.597. The summed E-state index contributed by atoms with van der Waals surface area (Å²) >= 11 is 0.766. The molecule has 0 spiro atoms. The van der Waals surface area contributed by atoms with Gasteiger partial charge in [-0.15, -0.1) is 0 Å². The molecule has 0 bridgehead atoms. The summed E-state index contributed by atoms with van der Waals surface area (Å²) in [5, 5.41) is 1.94. The van der Waals surface area contributed by atoms with Crippen LogP contribution in [0.1, 0.15) is 5.69 Å². The number of ether oxygens (including phenoxy) is 1. The standard InChI is InChI=1S/C23H18FN3O4S/c1-31-19-9-7-17(8-10-19)26-11-3-6-18(26)13-20-22(29)27(23(30)32-20)14-21(28)25-16-5-2-4-15(24)12-16/h2-13H,14H2,1H3,(H,25,28)/b20-13+. The fraction of sp³-hybridized carbons (Fsp3) is 0.0870. The summed E-state index contributed by atoms with van der Waals surface area (Å²) in [7, 11) is 1.59. The summed E-state index contributed by atoms with van der Waals surface area (Å²) in [4.78, 5) is 38.5. The van der Waals surface area contributed by atoms with Gasteiger partial charge in [-0.25, -0.2) is 4.39 Å². The van der Waals surface area contributed by atoms with Crippen LogP contribution in [0.3, 0.4) is 0 Å². The van der Waals surface area contributed by atoms with Crippen LogP contribution in [0.5, 0.6) is 5.75 Å². The molecule has 1 fully saturated rings. The molecule has 32 heavy (non-hydrogen) atoms. The second-order valence-electron chi connectivity index (χ2n) is 6.83. The molecule has 0 radical (unpaired) electrons. The van der Waals surface area contributed by atoms with Crippen molar-refractivity contribution in [2.24, 2.45) is 0 Å². The van der Waals surface area contributed by atoms with Gasteiger partial charge in [0.15, 0.2) is 0 Å². The lowest BCUT2D eigenvalue weighted by molar-refractivity contribution is -0.127. The van der Waals surface area contributed by atoms with E-state index in [9.17, 15) is 18.8 Å². The van der Waals surface area contributed by atoms with E-state index in [1.807, 2.05) is 47.2 Å². The van der Waals surface area contributed by atoms with Crippen molar-refractivity contribution in [1.29, 1.82) is 0 Å². The average molecular weight is 451 g/mol. The van der Waals surface area contributed by atoms with Gasteiger partial charge in [0.2, 0.25) is 5.91 Å². The van der Waals surface area contributed by atoms with Gasteiger partial charge >= 0.3 is 0 Å². The molecule has 1 aliphatic heterocycles. The van der Waals surface area contributed by atoms with Crippen molar-refractivity contribution in [1.82, 2.24) is 9.47 Å². The van der Waals surface area contributed by atoms with E-state index >= 15 is 0 Å². The van der Waals surface area contributed by atoms with Gasteiger partial charge in [0.05, 0.1) is 12.0 Å². The Labute approximate surface area is 187 Å². The second kappa shape index (κ2) is 9.11. The van der Waals surface area contributed by atoms with E-state index in [4.69, 9.17) is 4.74 Å². The highest BCUT2D eigenvalue weighted by Gasteiger charge is 2.36. The summed E-state index contributed by atoms with van der Waals surface area (Å²) < 4.78 is 20.3. The number of benzene rings is 2. The largest absolute Gasteiger partial charge is 0.497 e. The third-order valence-corrected chi connectivity index (χ3v) is 5.60. The van der Waals surface area contributed by atoms with Gasteiger partial charge in [-0.2, -0.15) is 0 Å². The molecule has 0 atom stereocenters. The number of amides is 3. The van der Waals surface area contributed by atoms with Gasteiger partial charge in [-0.1, -0.05) is 6.07 Å². The van der Waals surface area contributed by atoms with Crippen LogP contribution in [-0.2, 0) is 9.59 Å². The van der Waals surface area contributed by atoms with Crippen LogP contribution in [0.4, 0.5) is 14.9 Å². The van der Waals surface area contributed by atoms with Crippen molar-refractivity contribution in [2.45, 2.75) is 0 Å². The lowest BCUT2D eigenvalue weighted by Crippen LogP contribution is -2.36. The quantitative estimate of drug-likeness (QED) is 0.565. The lowest BCUT2D eigenvalue weighted by Gasteiger charge is -2.12. The fourth-order valence-corrected chi connectivity index (χ4v) is 3.99. The smallest absolute Gasteiger partial charge is 0.294 e. The van der Waals surface area contributed by atoms with E-state index < -0.39 is 29.4 Å². The lowest BCUT2D eigenvalue weighted by atomic mass is 10.2. The summed E-state index contributed by atoms with van der Waals surface area (Å²) in [6.45, 7) is -0.460. The summed E-state index contributed by atoms with van der Waals surface area (Å²) in [5.74, 6) is -0.936. The third-order valence-electron chi connectivity index (χ3n) is 4.69. The topological polar surface area (TPSA) is 80.6 Å². The van der Waals surface area contributed by atoms with Crippen LogP contribution in [0.15, 0.2) is 71.8 Å². The number of hydrogen-bond acceptors (Lipinski definition) is 5. The van der Waals surface area contributed by atoms with Crippen LogP contribution in [-0.4, -0.2) is 40.2 Å². The molecule has 1 N–H and O–H groups in total. The van der Waals surface area contributed by atoms with Gasteiger partial charge < -0.3 is 14.6 Å². The van der Waals surface area contributed by atoms with Gasteiger partial charge in [0.1, 0.15) is 18.1 Å². The predicted octanol–water partition coefficient (Wildman–Crippen LogP) is 4.30. The minimum absolute atomic E-state index is 0.210. The number of methoxy groups -OCH3 is 1. The van der Waals surface area contributed by atoms with Crippen molar-refractivity contribution in [2.75, 3.05) is 19.0 Å². The summed E-state index contributed by atoms with van der Waals surface area (Å²) in [6, 6.07) is 16.4. The molecule has 162 valence electrons. The van der Waals surface area contributed by atoms with Crippen molar-refractivity contribution in [3.05, 3.63) is 83.3 Å². The maximum Gasteiger partial charge on any atom is 0.294 e.